The molecule has 2 rings (SSSR count). The largest absolute Gasteiger partial charge is 0.486 e. The molecule has 2 aromatic heterocycles. The maximum Gasteiger partial charge on any atom is 0.157 e. The first kappa shape index (κ1) is 15.1. The topological polar surface area (TPSA) is 39.1 Å². The second-order valence-corrected chi connectivity index (χ2v) is 6.49. The summed E-state index contributed by atoms with van der Waals surface area (Å²) in [5, 5.41) is 7.65. The molecular formula is C15H23N3OS. The van der Waals surface area contributed by atoms with E-state index in [2.05, 4.69) is 44.2 Å². The van der Waals surface area contributed by atoms with Crippen LogP contribution in [0.4, 0.5) is 0 Å². The summed E-state index contributed by atoms with van der Waals surface area (Å²) in [5.74, 6) is 0.833. The van der Waals surface area contributed by atoms with Crippen LogP contribution in [0.1, 0.15) is 36.1 Å². The first-order valence-corrected chi connectivity index (χ1v) is 7.87. The number of thiophene rings is 1. The van der Waals surface area contributed by atoms with Crippen LogP contribution < -0.4 is 10.1 Å². The molecule has 0 fully saturated rings. The van der Waals surface area contributed by atoms with Crippen molar-refractivity contribution in [1.29, 1.82) is 0 Å². The van der Waals surface area contributed by atoms with Crippen molar-refractivity contribution in [3.8, 4) is 5.75 Å². The lowest BCUT2D eigenvalue weighted by Crippen LogP contribution is -2.21. The standard InChI is InChI=1S/C15H23N3OS/c1-5-18-9-14(7-17-18)19-10-13-6-15(20-12(13)4)8-16-11(2)3/h6-7,9,11,16H,5,8,10H2,1-4H3. The van der Waals surface area contributed by atoms with Crippen LogP contribution in [0.2, 0.25) is 0 Å². The third kappa shape index (κ3) is 4.08. The van der Waals surface area contributed by atoms with Gasteiger partial charge in [0, 0.05) is 34.4 Å². The summed E-state index contributed by atoms with van der Waals surface area (Å²) in [6.45, 7) is 10.9. The van der Waals surface area contributed by atoms with E-state index in [1.165, 1.54) is 15.3 Å². The monoisotopic (exact) mass is 293 g/mol. The molecule has 0 aliphatic carbocycles. The van der Waals surface area contributed by atoms with Crippen LogP contribution in [-0.2, 0) is 19.7 Å². The van der Waals surface area contributed by atoms with E-state index in [1.807, 2.05) is 22.2 Å². The molecule has 0 spiro atoms. The molecule has 1 N–H and O–H groups in total. The highest BCUT2D eigenvalue weighted by Crippen LogP contribution is 2.23. The molecule has 0 radical (unpaired) electrons. The second kappa shape index (κ2) is 6.90. The minimum absolute atomic E-state index is 0.511. The van der Waals surface area contributed by atoms with Crippen LogP contribution in [0.3, 0.4) is 0 Å². The molecule has 0 saturated heterocycles. The summed E-state index contributed by atoms with van der Waals surface area (Å²) < 4.78 is 7.67. The Morgan fingerprint density at radius 3 is 2.90 bits per heavy atom. The molecule has 0 bridgehead atoms. The number of hydrogen-bond acceptors (Lipinski definition) is 4. The number of nitrogens with one attached hydrogen (secondary N) is 1. The predicted octanol–water partition coefficient (Wildman–Crippen LogP) is 3.35. The van der Waals surface area contributed by atoms with Gasteiger partial charge in [0.25, 0.3) is 0 Å². The first-order chi connectivity index (χ1) is 9.58. The summed E-state index contributed by atoms with van der Waals surface area (Å²) in [4.78, 5) is 2.69. The molecule has 20 heavy (non-hydrogen) atoms. The van der Waals surface area contributed by atoms with Crippen molar-refractivity contribution < 1.29 is 4.74 Å². The van der Waals surface area contributed by atoms with Gasteiger partial charge in [-0.3, -0.25) is 4.68 Å². The highest BCUT2D eigenvalue weighted by molar-refractivity contribution is 7.12. The van der Waals surface area contributed by atoms with Crippen molar-refractivity contribution >= 4 is 11.3 Å². The number of aromatic nitrogens is 2. The van der Waals surface area contributed by atoms with E-state index in [0.29, 0.717) is 12.6 Å². The summed E-state index contributed by atoms with van der Waals surface area (Å²) in [6.07, 6.45) is 3.70. The lowest BCUT2D eigenvalue weighted by molar-refractivity contribution is 0.305. The number of hydrogen-bond donors (Lipinski definition) is 1. The molecule has 2 heterocycles. The van der Waals surface area contributed by atoms with E-state index in [4.69, 9.17) is 4.74 Å². The van der Waals surface area contributed by atoms with Gasteiger partial charge in [0.05, 0.1) is 12.4 Å². The molecule has 0 unspecified atom stereocenters. The zero-order valence-electron chi connectivity index (χ0n) is 12.6. The van der Waals surface area contributed by atoms with Gasteiger partial charge < -0.3 is 10.1 Å². The van der Waals surface area contributed by atoms with E-state index in [9.17, 15) is 0 Å². The molecular weight excluding hydrogens is 270 g/mol. The van der Waals surface area contributed by atoms with Crippen LogP contribution in [0.5, 0.6) is 5.75 Å². The van der Waals surface area contributed by atoms with Crippen molar-refractivity contribution in [2.24, 2.45) is 0 Å². The van der Waals surface area contributed by atoms with Gasteiger partial charge in [0.1, 0.15) is 6.61 Å². The number of aryl methyl sites for hydroxylation is 2. The lowest BCUT2D eigenvalue weighted by atomic mass is 10.2. The molecule has 0 aliphatic heterocycles. The average Bonchev–Trinajstić information content (AvgIpc) is 3.00. The van der Waals surface area contributed by atoms with Gasteiger partial charge in [-0.2, -0.15) is 5.10 Å². The molecule has 0 amide bonds. The van der Waals surface area contributed by atoms with Gasteiger partial charge in [-0.05, 0) is 19.9 Å². The van der Waals surface area contributed by atoms with Crippen LogP contribution >= 0.6 is 11.3 Å². The Balaban J connectivity index is 1.92. The van der Waals surface area contributed by atoms with Gasteiger partial charge in [0.15, 0.2) is 5.75 Å². The number of nitrogens with zero attached hydrogens (tertiary/aromatic N) is 2. The zero-order chi connectivity index (χ0) is 14.5. The fraction of sp³-hybridized carbons (Fsp3) is 0.533. The van der Waals surface area contributed by atoms with Crippen molar-refractivity contribution in [2.45, 2.75) is 53.4 Å². The third-order valence-electron chi connectivity index (χ3n) is 3.08. The van der Waals surface area contributed by atoms with Crippen molar-refractivity contribution in [2.75, 3.05) is 0 Å². The second-order valence-electron chi connectivity index (χ2n) is 5.15. The number of rotatable bonds is 7. The lowest BCUT2D eigenvalue weighted by Gasteiger charge is -2.05. The highest BCUT2D eigenvalue weighted by atomic mass is 32.1. The molecule has 2 aromatic rings. The fourth-order valence-corrected chi connectivity index (χ4v) is 2.87. The maximum absolute atomic E-state index is 5.80. The normalized spacial score (nSPS) is 11.2. The van der Waals surface area contributed by atoms with Gasteiger partial charge in [-0.15, -0.1) is 11.3 Å². The first-order valence-electron chi connectivity index (χ1n) is 7.05. The zero-order valence-corrected chi connectivity index (χ0v) is 13.5. The molecule has 0 saturated carbocycles. The van der Waals surface area contributed by atoms with Gasteiger partial charge in [-0.25, -0.2) is 0 Å². The number of ether oxygens (including phenoxy) is 1. The van der Waals surface area contributed by atoms with Gasteiger partial charge in [0.2, 0.25) is 0 Å². The highest BCUT2D eigenvalue weighted by Gasteiger charge is 2.07. The Morgan fingerprint density at radius 1 is 1.45 bits per heavy atom. The fourth-order valence-electron chi connectivity index (χ4n) is 1.88. The molecule has 110 valence electrons. The van der Waals surface area contributed by atoms with Gasteiger partial charge >= 0.3 is 0 Å². The van der Waals surface area contributed by atoms with Crippen LogP contribution in [0.15, 0.2) is 18.5 Å². The Hall–Kier alpha value is -1.33. The van der Waals surface area contributed by atoms with Crippen LogP contribution in [0.25, 0.3) is 0 Å². The summed E-state index contributed by atoms with van der Waals surface area (Å²) in [7, 11) is 0. The molecule has 0 aliphatic rings. The van der Waals surface area contributed by atoms with E-state index < -0.39 is 0 Å². The summed E-state index contributed by atoms with van der Waals surface area (Å²) in [5.41, 5.74) is 1.26. The van der Waals surface area contributed by atoms with Crippen molar-refractivity contribution in [1.82, 2.24) is 15.1 Å². The van der Waals surface area contributed by atoms with E-state index >= 15 is 0 Å². The quantitative estimate of drug-likeness (QED) is 0.851. The van der Waals surface area contributed by atoms with E-state index in [0.717, 1.165) is 18.8 Å². The Labute approximate surface area is 124 Å². The minimum Gasteiger partial charge on any atom is -0.486 e. The van der Waals surface area contributed by atoms with E-state index in [1.54, 1.807) is 6.20 Å². The Kier molecular flexibility index (Phi) is 5.20. The molecule has 5 heteroatoms. The smallest absolute Gasteiger partial charge is 0.157 e. The molecule has 0 aromatic carbocycles. The SMILES string of the molecule is CCn1cc(OCc2cc(CNC(C)C)sc2C)cn1. The molecule has 4 nitrogen and oxygen atoms in total. The van der Waals surface area contributed by atoms with Crippen molar-refractivity contribution in [3.63, 3.8) is 0 Å². The Morgan fingerprint density at radius 2 is 2.25 bits per heavy atom. The third-order valence-corrected chi connectivity index (χ3v) is 4.18. The van der Waals surface area contributed by atoms with Crippen molar-refractivity contribution in [3.05, 3.63) is 33.8 Å². The van der Waals surface area contributed by atoms with Crippen LogP contribution in [0, 0.1) is 6.92 Å². The maximum atomic E-state index is 5.80. The summed E-state index contributed by atoms with van der Waals surface area (Å²) in [6, 6.07) is 2.75. The summed E-state index contributed by atoms with van der Waals surface area (Å²) >= 11 is 1.84. The minimum atomic E-state index is 0.511. The van der Waals surface area contributed by atoms with Crippen LogP contribution in [-0.4, -0.2) is 15.8 Å². The van der Waals surface area contributed by atoms with Gasteiger partial charge in [-0.1, -0.05) is 13.8 Å². The molecule has 0 atom stereocenters. The predicted molar refractivity (Wildman–Crippen MR) is 83.3 cm³/mol. The van der Waals surface area contributed by atoms with E-state index in [-0.39, 0.29) is 0 Å². The Bertz CT molecular complexity index is 545. The average molecular weight is 293 g/mol.